The van der Waals surface area contributed by atoms with Gasteiger partial charge in [0.2, 0.25) is 0 Å². The van der Waals surface area contributed by atoms with Crippen molar-refractivity contribution in [2.24, 2.45) is 11.3 Å². The smallest absolute Gasteiger partial charge is 0.306 e. The summed E-state index contributed by atoms with van der Waals surface area (Å²) >= 11 is 4.33. The zero-order valence-electron chi connectivity index (χ0n) is 10.8. The lowest BCUT2D eigenvalue weighted by molar-refractivity contribution is -0.155. The minimum absolute atomic E-state index is 0.0156. The Labute approximate surface area is 110 Å². The zero-order valence-corrected chi connectivity index (χ0v) is 11.7. The van der Waals surface area contributed by atoms with Crippen LogP contribution in [0.2, 0.25) is 0 Å². The van der Waals surface area contributed by atoms with Crippen LogP contribution in [0, 0.1) is 11.3 Å². The van der Waals surface area contributed by atoms with Gasteiger partial charge >= 0.3 is 5.97 Å². The molecule has 2 atom stereocenters. The molecule has 0 aromatic carbocycles. The van der Waals surface area contributed by atoms with E-state index in [4.69, 9.17) is 4.74 Å². The van der Waals surface area contributed by atoms with E-state index in [2.05, 4.69) is 19.6 Å². The molecule has 0 amide bonds. The van der Waals surface area contributed by atoms with Gasteiger partial charge < -0.3 is 4.74 Å². The molecule has 2 fully saturated rings. The summed E-state index contributed by atoms with van der Waals surface area (Å²) in [5.74, 6) is 1.44. The van der Waals surface area contributed by atoms with Crippen LogP contribution in [-0.2, 0) is 9.53 Å². The molecular formula is C14H24O2S. The summed E-state index contributed by atoms with van der Waals surface area (Å²) < 4.78 is 5.70. The third-order valence-electron chi connectivity index (χ3n) is 4.46. The molecule has 2 saturated carbocycles. The number of carbonyl (C=O) groups is 1. The van der Waals surface area contributed by atoms with Gasteiger partial charge in [0.05, 0.1) is 6.42 Å². The van der Waals surface area contributed by atoms with Crippen molar-refractivity contribution in [1.29, 1.82) is 0 Å². The maximum Gasteiger partial charge on any atom is 0.306 e. The Bertz CT molecular complexity index is 273. The lowest BCUT2D eigenvalue weighted by atomic mass is 9.84. The molecule has 2 aliphatic carbocycles. The van der Waals surface area contributed by atoms with E-state index in [1.54, 1.807) is 0 Å². The van der Waals surface area contributed by atoms with E-state index in [0.29, 0.717) is 12.3 Å². The Morgan fingerprint density at radius 2 is 2.06 bits per heavy atom. The first-order valence-corrected chi connectivity index (χ1v) is 7.63. The molecule has 0 aromatic heterocycles. The average Bonchev–Trinajstić information content (AvgIpc) is 3.10. The molecule has 0 aliphatic heterocycles. The minimum atomic E-state index is 0.0156. The fourth-order valence-corrected chi connectivity index (χ4v) is 3.31. The van der Waals surface area contributed by atoms with Gasteiger partial charge in [-0.3, -0.25) is 4.79 Å². The second-order valence-corrected chi connectivity index (χ2v) is 6.13. The van der Waals surface area contributed by atoms with Gasteiger partial charge in [-0.1, -0.05) is 13.3 Å². The Morgan fingerprint density at radius 1 is 1.35 bits per heavy atom. The largest absolute Gasteiger partial charge is 0.462 e. The fraction of sp³-hybridized carbons (Fsp3) is 0.929. The number of hydrogen-bond acceptors (Lipinski definition) is 3. The van der Waals surface area contributed by atoms with Gasteiger partial charge in [0.25, 0.3) is 0 Å². The molecule has 2 rings (SSSR count). The van der Waals surface area contributed by atoms with Crippen LogP contribution >= 0.6 is 12.6 Å². The Kier molecular flexibility index (Phi) is 4.40. The molecule has 98 valence electrons. The van der Waals surface area contributed by atoms with Gasteiger partial charge in [-0.25, -0.2) is 0 Å². The molecule has 0 spiro atoms. The van der Waals surface area contributed by atoms with Crippen LogP contribution < -0.4 is 0 Å². The van der Waals surface area contributed by atoms with Crippen molar-refractivity contribution in [1.82, 2.24) is 0 Å². The molecule has 2 aliphatic rings. The monoisotopic (exact) mass is 256 g/mol. The summed E-state index contributed by atoms with van der Waals surface area (Å²) in [5, 5.41) is 0. The number of carbonyl (C=O) groups excluding carboxylic acids is 1. The summed E-state index contributed by atoms with van der Waals surface area (Å²) in [6.07, 6.45) is 9.01. The van der Waals surface area contributed by atoms with Crippen LogP contribution in [0.1, 0.15) is 58.3 Å². The fourth-order valence-electron chi connectivity index (χ4n) is 2.88. The van der Waals surface area contributed by atoms with Crippen molar-refractivity contribution < 1.29 is 9.53 Å². The molecule has 17 heavy (non-hydrogen) atoms. The highest BCUT2D eigenvalue weighted by molar-refractivity contribution is 7.80. The summed E-state index contributed by atoms with van der Waals surface area (Å²) in [6, 6.07) is 0. The summed E-state index contributed by atoms with van der Waals surface area (Å²) in [6.45, 7) is 2.20. The summed E-state index contributed by atoms with van der Waals surface area (Å²) in [4.78, 5) is 11.9. The highest BCUT2D eigenvalue weighted by Gasteiger charge is 2.44. The van der Waals surface area contributed by atoms with E-state index in [9.17, 15) is 4.79 Å². The molecular weight excluding hydrogens is 232 g/mol. The van der Waals surface area contributed by atoms with E-state index in [1.165, 1.54) is 19.3 Å². The molecule has 0 N–H and O–H groups in total. The Balaban J connectivity index is 1.80. The standard InChI is InChI=1S/C14H24O2S/c1-2-11-5-3-4-6-12(11)16-13(15)9-14(10-17)7-8-14/h11-12,17H,2-10H2,1H3. The highest BCUT2D eigenvalue weighted by Crippen LogP contribution is 2.49. The van der Waals surface area contributed by atoms with Crippen LogP contribution in [0.15, 0.2) is 0 Å². The van der Waals surface area contributed by atoms with Gasteiger partial charge in [-0.15, -0.1) is 0 Å². The Hall–Kier alpha value is -0.180. The van der Waals surface area contributed by atoms with E-state index < -0.39 is 0 Å². The van der Waals surface area contributed by atoms with Gasteiger partial charge in [0, 0.05) is 0 Å². The van der Waals surface area contributed by atoms with Crippen molar-refractivity contribution in [2.75, 3.05) is 5.75 Å². The van der Waals surface area contributed by atoms with Crippen molar-refractivity contribution in [3.63, 3.8) is 0 Å². The van der Waals surface area contributed by atoms with Crippen LogP contribution in [0.3, 0.4) is 0 Å². The molecule has 2 unspecified atom stereocenters. The number of rotatable bonds is 5. The lowest BCUT2D eigenvalue weighted by Gasteiger charge is -2.30. The number of esters is 1. The maximum absolute atomic E-state index is 11.9. The van der Waals surface area contributed by atoms with Crippen molar-refractivity contribution in [3.8, 4) is 0 Å². The molecule has 0 bridgehead atoms. The summed E-state index contributed by atoms with van der Waals surface area (Å²) in [7, 11) is 0. The van der Waals surface area contributed by atoms with Crippen molar-refractivity contribution >= 4 is 18.6 Å². The maximum atomic E-state index is 11.9. The third-order valence-corrected chi connectivity index (χ3v) is 5.13. The van der Waals surface area contributed by atoms with Gasteiger partial charge in [0.15, 0.2) is 0 Å². The zero-order chi connectivity index (χ0) is 12.3. The van der Waals surface area contributed by atoms with E-state index >= 15 is 0 Å². The SMILES string of the molecule is CCC1CCCCC1OC(=O)CC1(CS)CC1. The molecule has 0 aromatic rings. The first kappa shape index (κ1) is 13.3. The van der Waals surface area contributed by atoms with E-state index in [1.807, 2.05) is 0 Å². The van der Waals surface area contributed by atoms with Gasteiger partial charge in [0.1, 0.15) is 6.10 Å². The topological polar surface area (TPSA) is 26.3 Å². The lowest BCUT2D eigenvalue weighted by Crippen LogP contribution is -2.30. The van der Waals surface area contributed by atoms with Crippen molar-refractivity contribution in [3.05, 3.63) is 0 Å². The number of ether oxygens (including phenoxy) is 1. The molecule has 0 radical (unpaired) electrons. The first-order chi connectivity index (χ1) is 8.19. The first-order valence-electron chi connectivity index (χ1n) is 6.99. The third kappa shape index (κ3) is 3.40. The van der Waals surface area contributed by atoms with Crippen molar-refractivity contribution in [2.45, 2.75) is 64.4 Å². The molecule has 2 nitrogen and oxygen atoms in total. The van der Waals surface area contributed by atoms with E-state index in [-0.39, 0.29) is 17.5 Å². The predicted octanol–water partition coefficient (Wildman–Crippen LogP) is 3.60. The minimum Gasteiger partial charge on any atom is -0.462 e. The second-order valence-electron chi connectivity index (χ2n) is 5.82. The van der Waals surface area contributed by atoms with Gasteiger partial charge in [-0.05, 0) is 55.6 Å². The summed E-state index contributed by atoms with van der Waals surface area (Å²) in [5.41, 5.74) is 0.191. The molecule has 0 saturated heterocycles. The average molecular weight is 256 g/mol. The normalized spacial score (nSPS) is 30.9. The molecule has 0 heterocycles. The van der Waals surface area contributed by atoms with Crippen LogP contribution in [-0.4, -0.2) is 17.8 Å². The van der Waals surface area contributed by atoms with Crippen LogP contribution in [0.4, 0.5) is 0 Å². The van der Waals surface area contributed by atoms with Gasteiger partial charge in [-0.2, -0.15) is 12.6 Å². The Morgan fingerprint density at radius 3 is 2.65 bits per heavy atom. The quantitative estimate of drug-likeness (QED) is 0.601. The van der Waals surface area contributed by atoms with Crippen LogP contribution in [0.5, 0.6) is 0 Å². The van der Waals surface area contributed by atoms with Crippen LogP contribution in [0.25, 0.3) is 0 Å². The number of hydrogen-bond donors (Lipinski definition) is 1. The second kappa shape index (κ2) is 5.64. The molecule has 3 heteroatoms. The van der Waals surface area contributed by atoms with E-state index in [0.717, 1.165) is 31.4 Å². The number of thiol groups is 1. The highest BCUT2D eigenvalue weighted by atomic mass is 32.1. The predicted molar refractivity (Wildman–Crippen MR) is 72.3 cm³/mol.